The second kappa shape index (κ2) is 6.06. The van der Waals surface area contributed by atoms with Crippen LogP contribution < -0.4 is 15.8 Å². The highest BCUT2D eigenvalue weighted by Gasteiger charge is 2.31. The Morgan fingerprint density at radius 3 is 2.74 bits per heavy atom. The lowest BCUT2D eigenvalue weighted by Crippen LogP contribution is -2.42. The van der Waals surface area contributed by atoms with E-state index in [1.54, 1.807) is 7.11 Å². The van der Waals surface area contributed by atoms with Crippen molar-refractivity contribution < 1.29 is 9.53 Å². The maximum Gasteiger partial charge on any atom is 0.222 e. The van der Waals surface area contributed by atoms with Crippen LogP contribution in [-0.2, 0) is 11.3 Å². The van der Waals surface area contributed by atoms with Crippen molar-refractivity contribution in [3.8, 4) is 5.75 Å². The summed E-state index contributed by atoms with van der Waals surface area (Å²) in [5.74, 6) is 0.821. The molecule has 0 unspecified atom stereocenters. The Morgan fingerprint density at radius 1 is 1.37 bits per heavy atom. The molecule has 3 N–H and O–H groups in total. The van der Waals surface area contributed by atoms with Gasteiger partial charge in [-0.05, 0) is 18.9 Å². The molecule has 1 aliphatic carbocycles. The van der Waals surface area contributed by atoms with Crippen LogP contribution in [0.15, 0.2) is 24.3 Å². The molecule has 0 aromatic heterocycles. The van der Waals surface area contributed by atoms with E-state index in [-0.39, 0.29) is 11.4 Å². The summed E-state index contributed by atoms with van der Waals surface area (Å²) in [6, 6.07) is 7.69. The minimum Gasteiger partial charge on any atom is -0.496 e. The average Bonchev–Trinajstić information content (AvgIpc) is 2.83. The number of hydrogen-bond acceptors (Lipinski definition) is 3. The van der Waals surface area contributed by atoms with Crippen molar-refractivity contribution in [1.82, 2.24) is 5.32 Å². The van der Waals surface area contributed by atoms with E-state index in [9.17, 15) is 4.79 Å². The minimum atomic E-state index is -0.287. The quantitative estimate of drug-likeness (QED) is 0.852. The van der Waals surface area contributed by atoms with Crippen molar-refractivity contribution in [3.63, 3.8) is 0 Å². The van der Waals surface area contributed by atoms with Gasteiger partial charge in [0.25, 0.3) is 0 Å². The van der Waals surface area contributed by atoms with E-state index >= 15 is 0 Å². The Labute approximate surface area is 114 Å². The molecule has 1 aromatic carbocycles. The molecule has 2 rings (SSSR count). The van der Waals surface area contributed by atoms with Gasteiger partial charge in [0.05, 0.1) is 7.11 Å². The number of methoxy groups -OCH3 is 1. The van der Waals surface area contributed by atoms with Crippen LogP contribution in [-0.4, -0.2) is 18.6 Å². The average molecular weight is 262 g/mol. The standard InChI is InChI=1S/C15H22N2O2/c1-19-13-7-3-2-6-12(13)11-17-14(18)10-15(16)8-4-5-9-15/h2-3,6-7H,4-5,8-11,16H2,1H3,(H,17,18). The molecule has 0 radical (unpaired) electrons. The molecule has 0 heterocycles. The molecule has 4 heteroatoms. The highest BCUT2D eigenvalue weighted by atomic mass is 16.5. The fraction of sp³-hybridized carbons (Fsp3) is 0.533. The van der Waals surface area contributed by atoms with E-state index in [1.807, 2.05) is 24.3 Å². The first kappa shape index (κ1) is 13.9. The number of para-hydroxylation sites is 1. The molecule has 0 saturated heterocycles. The Balaban J connectivity index is 1.86. The molecule has 1 amide bonds. The highest BCUT2D eigenvalue weighted by Crippen LogP contribution is 2.29. The van der Waals surface area contributed by atoms with Gasteiger partial charge in [-0.1, -0.05) is 31.0 Å². The second-order valence-corrected chi connectivity index (χ2v) is 5.33. The summed E-state index contributed by atoms with van der Waals surface area (Å²) in [6.45, 7) is 0.485. The molecule has 4 nitrogen and oxygen atoms in total. The van der Waals surface area contributed by atoms with Gasteiger partial charge in [-0.25, -0.2) is 0 Å². The van der Waals surface area contributed by atoms with Gasteiger partial charge in [-0.3, -0.25) is 4.79 Å². The van der Waals surface area contributed by atoms with Crippen LogP contribution in [0.3, 0.4) is 0 Å². The van der Waals surface area contributed by atoms with Gasteiger partial charge in [-0.2, -0.15) is 0 Å². The predicted molar refractivity (Wildman–Crippen MR) is 74.8 cm³/mol. The number of carbonyl (C=O) groups is 1. The summed E-state index contributed by atoms with van der Waals surface area (Å²) in [5.41, 5.74) is 6.89. The number of hydrogen-bond donors (Lipinski definition) is 2. The van der Waals surface area contributed by atoms with Crippen LogP contribution in [0.25, 0.3) is 0 Å². The zero-order valence-electron chi connectivity index (χ0n) is 11.4. The van der Waals surface area contributed by atoms with E-state index in [0.29, 0.717) is 13.0 Å². The van der Waals surface area contributed by atoms with Crippen LogP contribution >= 0.6 is 0 Å². The molecular formula is C15H22N2O2. The molecular weight excluding hydrogens is 240 g/mol. The Hall–Kier alpha value is -1.55. The zero-order chi connectivity index (χ0) is 13.7. The third-order valence-electron chi connectivity index (χ3n) is 3.78. The molecule has 0 bridgehead atoms. The first-order valence-corrected chi connectivity index (χ1v) is 6.80. The van der Waals surface area contributed by atoms with Gasteiger partial charge < -0.3 is 15.8 Å². The van der Waals surface area contributed by atoms with Gasteiger partial charge in [-0.15, -0.1) is 0 Å². The first-order chi connectivity index (χ1) is 9.13. The lowest BCUT2D eigenvalue weighted by molar-refractivity contribution is -0.122. The van der Waals surface area contributed by atoms with Crippen LogP contribution in [0, 0.1) is 0 Å². The predicted octanol–water partition coefficient (Wildman–Crippen LogP) is 1.97. The Kier molecular flexibility index (Phi) is 4.43. The summed E-state index contributed by atoms with van der Waals surface area (Å²) < 4.78 is 5.25. The number of rotatable bonds is 5. The molecule has 0 spiro atoms. The highest BCUT2D eigenvalue weighted by molar-refractivity contribution is 5.77. The van der Waals surface area contributed by atoms with E-state index in [0.717, 1.165) is 37.0 Å². The Bertz CT molecular complexity index is 440. The van der Waals surface area contributed by atoms with Gasteiger partial charge in [0.2, 0.25) is 5.91 Å². The molecule has 1 aliphatic rings. The normalized spacial score (nSPS) is 17.2. The lowest BCUT2D eigenvalue weighted by Gasteiger charge is -2.22. The maximum atomic E-state index is 11.9. The number of carbonyl (C=O) groups excluding carboxylic acids is 1. The number of nitrogens with one attached hydrogen (secondary N) is 1. The summed E-state index contributed by atoms with van der Waals surface area (Å²) in [6.07, 6.45) is 4.60. The summed E-state index contributed by atoms with van der Waals surface area (Å²) in [4.78, 5) is 11.9. The maximum absolute atomic E-state index is 11.9. The monoisotopic (exact) mass is 262 g/mol. The van der Waals surface area contributed by atoms with Crippen molar-refractivity contribution >= 4 is 5.91 Å². The number of benzene rings is 1. The largest absolute Gasteiger partial charge is 0.496 e. The minimum absolute atomic E-state index is 0.0234. The summed E-state index contributed by atoms with van der Waals surface area (Å²) in [5, 5.41) is 2.93. The third kappa shape index (κ3) is 3.70. The fourth-order valence-corrected chi connectivity index (χ4v) is 2.68. The fourth-order valence-electron chi connectivity index (χ4n) is 2.68. The van der Waals surface area contributed by atoms with Crippen LogP contribution in [0.5, 0.6) is 5.75 Å². The SMILES string of the molecule is COc1ccccc1CNC(=O)CC1(N)CCCC1. The summed E-state index contributed by atoms with van der Waals surface area (Å²) in [7, 11) is 1.63. The second-order valence-electron chi connectivity index (χ2n) is 5.33. The molecule has 0 aliphatic heterocycles. The van der Waals surface area contributed by atoms with Crippen LogP contribution in [0.1, 0.15) is 37.7 Å². The lowest BCUT2D eigenvalue weighted by atomic mass is 9.94. The van der Waals surface area contributed by atoms with Crippen molar-refractivity contribution in [2.45, 2.75) is 44.2 Å². The van der Waals surface area contributed by atoms with Crippen LogP contribution in [0.2, 0.25) is 0 Å². The molecule has 1 aromatic rings. The zero-order valence-corrected chi connectivity index (χ0v) is 11.4. The van der Waals surface area contributed by atoms with Gasteiger partial charge in [0.15, 0.2) is 0 Å². The third-order valence-corrected chi connectivity index (χ3v) is 3.78. The van der Waals surface area contributed by atoms with Crippen molar-refractivity contribution in [2.75, 3.05) is 7.11 Å². The molecule has 19 heavy (non-hydrogen) atoms. The van der Waals surface area contributed by atoms with Gasteiger partial charge in [0, 0.05) is 24.1 Å². The first-order valence-electron chi connectivity index (χ1n) is 6.80. The van der Waals surface area contributed by atoms with Crippen LogP contribution in [0.4, 0.5) is 0 Å². The number of amides is 1. The van der Waals surface area contributed by atoms with Crippen molar-refractivity contribution in [2.24, 2.45) is 5.73 Å². The molecule has 104 valence electrons. The van der Waals surface area contributed by atoms with Gasteiger partial charge in [0.1, 0.15) is 5.75 Å². The van der Waals surface area contributed by atoms with E-state index < -0.39 is 0 Å². The van der Waals surface area contributed by atoms with Crippen molar-refractivity contribution in [3.05, 3.63) is 29.8 Å². The Morgan fingerprint density at radius 2 is 2.05 bits per heavy atom. The summed E-state index contributed by atoms with van der Waals surface area (Å²) >= 11 is 0. The molecule has 1 fully saturated rings. The van der Waals surface area contributed by atoms with E-state index in [4.69, 9.17) is 10.5 Å². The molecule has 1 saturated carbocycles. The topological polar surface area (TPSA) is 64.3 Å². The van der Waals surface area contributed by atoms with E-state index in [1.165, 1.54) is 0 Å². The van der Waals surface area contributed by atoms with Crippen molar-refractivity contribution in [1.29, 1.82) is 0 Å². The molecule has 0 atom stereocenters. The smallest absolute Gasteiger partial charge is 0.222 e. The van der Waals surface area contributed by atoms with E-state index in [2.05, 4.69) is 5.32 Å². The number of ether oxygens (including phenoxy) is 1. The van der Waals surface area contributed by atoms with Gasteiger partial charge >= 0.3 is 0 Å². The number of nitrogens with two attached hydrogens (primary N) is 1.